The predicted octanol–water partition coefficient (Wildman–Crippen LogP) is -1.29. The normalized spacial score (nSPS) is 21.7. The van der Waals surface area contributed by atoms with Gasteiger partial charge in [-0.2, -0.15) is 9.36 Å². The van der Waals surface area contributed by atoms with Gasteiger partial charge in [-0.1, -0.05) is 5.16 Å². The maximum atomic E-state index is 12.5. The number of oxime groups is 1. The summed E-state index contributed by atoms with van der Waals surface area (Å²) in [5.41, 5.74) is 4.50. The minimum Gasteiger partial charge on any atom is -0.477 e. The number of halogens is 1. The molecule has 3 rings (SSSR count). The van der Waals surface area contributed by atoms with E-state index in [2.05, 4.69) is 24.7 Å². The SMILES string of the molecule is Nc1nc(C(=NOCF)C(=O)N[C@@H]2C(=O)N3C(C(=O)O)=C(C=O)CS[C@H]23)ns1. The third-order valence-electron chi connectivity index (χ3n) is 3.70. The van der Waals surface area contributed by atoms with E-state index in [9.17, 15) is 28.7 Å². The van der Waals surface area contributed by atoms with Gasteiger partial charge in [0.2, 0.25) is 11.5 Å². The largest absolute Gasteiger partial charge is 0.477 e. The molecule has 0 saturated carbocycles. The molecule has 2 aliphatic heterocycles. The van der Waals surface area contributed by atoms with Crippen LogP contribution in [0, 0.1) is 0 Å². The first-order valence-corrected chi connectivity index (χ1v) is 9.23. The molecular formula is C13H11FN6O6S2. The Morgan fingerprint density at radius 1 is 1.54 bits per heavy atom. The van der Waals surface area contributed by atoms with Crippen LogP contribution in [0.25, 0.3) is 0 Å². The van der Waals surface area contributed by atoms with Gasteiger partial charge < -0.3 is 21.0 Å². The molecule has 1 aromatic rings. The standard InChI is InChI=1S/C13H11FN6O6S2/c14-3-26-18-5(8-17-13(15)28-19-8)9(22)16-6-10(23)20-7(12(24)25)4(1-21)2-27-11(6)20/h1,6,11H,2-3H2,(H,16,22)(H,24,25)(H2,15,17,19)/t6-,11-/m1/s1. The zero-order chi connectivity index (χ0) is 20.4. The Bertz CT molecular complexity index is 917. The Balaban J connectivity index is 1.80. The van der Waals surface area contributed by atoms with Gasteiger partial charge in [0.25, 0.3) is 18.7 Å². The number of nitrogen functional groups attached to an aromatic ring is 1. The third kappa shape index (κ3) is 3.40. The van der Waals surface area contributed by atoms with Crippen LogP contribution >= 0.6 is 23.3 Å². The van der Waals surface area contributed by atoms with Crippen molar-refractivity contribution >= 4 is 58.2 Å². The number of carbonyl (C=O) groups excluding carboxylic acids is 3. The van der Waals surface area contributed by atoms with Crippen LogP contribution in [0.5, 0.6) is 0 Å². The Labute approximate surface area is 163 Å². The lowest BCUT2D eigenvalue weighted by atomic mass is 10.0. The van der Waals surface area contributed by atoms with Crippen molar-refractivity contribution in [1.29, 1.82) is 0 Å². The van der Waals surface area contributed by atoms with Crippen LogP contribution in [-0.4, -0.2) is 73.2 Å². The van der Waals surface area contributed by atoms with E-state index in [0.29, 0.717) is 6.29 Å². The monoisotopic (exact) mass is 430 g/mol. The Hall–Kier alpha value is -3.07. The van der Waals surface area contributed by atoms with Gasteiger partial charge >= 0.3 is 5.97 Å². The molecule has 0 unspecified atom stereocenters. The molecule has 28 heavy (non-hydrogen) atoms. The van der Waals surface area contributed by atoms with Gasteiger partial charge in [0.1, 0.15) is 23.4 Å². The van der Waals surface area contributed by atoms with Crippen molar-refractivity contribution in [3.05, 3.63) is 17.1 Å². The fraction of sp³-hybridized carbons (Fsp3) is 0.308. The summed E-state index contributed by atoms with van der Waals surface area (Å²) in [6.45, 7) is -1.31. The first-order chi connectivity index (χ1) is 13.4. The fourth-order valence-corrected chi connectivity index (χ4v) is 4.27. The molecule has 0 bridgehead atoms. The number of anilines is 1. The van der Waals surface area contributed by atoms with Gasteiger partial charge in [0, 0.05) is 22.9 Å². The van der Waals surface area contributed by atoms with E-state index >= 15 is 0 Å². The van der Waals surface area contributed by atoms with E-state index in [1.54, 1.807) is 0 Å². The second-order valence-corrected chi connectivity index (χ2v) is 7.18. The number of thioether (sulfide) groups is 1. The topological polar surface area (TPSA) is 177 Å². The van der Waals surface area contributed by atoms with Crippen molar-refractivity contribution in [2.75, 3.05) is 18.3 Å². The highest BCUT2D eigenvalue weighted by Crippen LogP contribution is 2.39. The highest BCUT2D eigenvalue weighted by molar-refractivity contribution is 8.00. The van der Waals surface area contributed by atoms with E-state index < -0.39 is 47.5 Å². The van der Waals surface area contributed by atoms with Crippen LogP contribution in [-0.2, 0) is 24.0 Å². The number of hydrogen-bond acceptors (Lipinski definition) is 11. The number of amides is 2. The van der Waals surface area contributed by atoms with Crippen molar-refractivity contribution < 1.29 is 33.5 Å². The molecule has 0 radical (unpaired) electrons. The Morgan fingerprint density at radius 3 is 2.86 bits per heavy atom. The predicted molar refractivity (Wildman–Crippen MR) is 93.7 cm³/mol. The van der Waals surface area contributed by atoms with Crippen molar-refractivity contribution in [1.82, 2.24) is 19.6 Å². The summed E-state index contributed by atoms with van der Waals surface area (Å²) in [6, 6.07) is -1.09. The van der Waals surface area contributed by atoms with Crippen LogP contribution in [0.1, 0.15) is 5.82 Å². The lowest BCUT2D eigenvalue weighted by molar-refractivity contribution is -0.150. The molecule has 4 N–H and O–H groups in total. The quantitative estimate of drug-likeness (QED) is 0.204. The Kier molecular flexibility index (Phi) is 5.55. The average Bonchev–Trinajstić information content (AvgIpc) is 3.10. The first-order valence-electron chi connectivity index (χ1n) is 7.41. The minimum atomic E-state index is -1.42. The summed E-state index contributed by atoms with van der Waals surface area (Å²) in [7, 11) is 0. The molecular weight excluding hydrogens is 419 g/mol. The minimum absolute atomic E-state index is 0.0297. The molecule has 0 spiro atoms. The van der Waals surface area contributed by atoms with Crippen LogP contribution in [0.15, 0.2) is 16.4 Å². The third-order valence-corrected chi connectivity index (χ3v) is 5.55. The van der Waals surface area contributed by atoms with Crippen LogP contribution < -0.4 is 11.1 Å². The van der Waals surface area contributed by atoms with Crippen LogP contribution in [0.2, 0.25) is 0 Å². The summed E-state index contributed by atoms with van der Waals surface area (Å²) < 4.78 is 16.1. The number of carboxylic acid groups (broad SMARTS) is 1. The molecule has 1 fully saturated rings. The number of nitrogens with zero attached hydrogens (tertiary/aromatic N) is 4. The lowest BCUT2D eigenvalue weighted by Gasteiger charge is -2.48. The molecule has 2 amide bonds. The molecule has 1 saturated heterocycles. The van der Waals surface area contributed by atoms with Gasteiger partial charge in [0.15, 0.2) is 5.13 Å². The number of alkyl halides is 1. The van der Waals surface area contributed by atoms with Crippen LogP contribution in [0.3, 0.4) is 0 Å². The van der Waals surface area contributed by atoms with Crippen molar-refractivity contribution in [2.24, 2.45) is 5.16 Å². The fourth-order valence-electron chi connectivity index (χ4n) is 2.55. The maximum Gasteiger partial charge on any atom is 0.353 e. The number of fused-ring (bicyclic) bond motifs is 1. The number of nitrogens with two attached hydrogens (primary N) is 1. The van der Waals surface area contributed by atoms with Gasteiger partial charge in [-0.3, -0.25) is 19.3 Å². The summed E-state index contributed by atoms with van der Waals surface area (Å²) in [5.74, 6) is -3.25. The lowest BCUT2D eigenvalue weighted by Crippen LogP contribution is -2.71. The summed E-state index contributed by atoms with van der Waals surface area (Å²) in [6.07, 6.45) is 0.378. The molecule has 0 aromatic carbocycles. The number of hydrogen-bond donors (Lipinski definition) is 3. The molecule has 3 heterocycles. The highest BCUT2D eigenvalue weighted by atomic mass is 32.2. The zero-order valence-corrected chi connectivity index (χ0v) is 15.3. The van der Waals surface area contributed by atoms with Crippen molar-refractivity contribution in [3.63, 3.8) is 0 Å². The van der Waals surface area contributed by atoms with Gasteiger partial charge in [-0.05, 0) is 0 Å². The molecule has 148 valence electrons. The summed E-state index contributed by atoms with van der Waals surface area (Å²) in [4.78, 5) is 56.3. The van der Waals surface area contributed by atoms with E-state index in [-0.39, 0.29) is 22.3 Å². The van der Waals surface area contributed by atoms with Gasteiger partial charge in [0.05, 0.1) is 0 Å². The molecule has 2 atom stereocenters. The zero-order valence-electron chi connectivity index (χ0n) is 13.7. The van der Waals surface area contributed by atoms with Crippen molar-refractivity contribution in [3.8, 4) is 0 Å². The summed E-state index contributed by atoms with van der Waals surface area (Å²) >= 11 is 1.88. The Morgan fingerprint density at radius 2 is 2.29 bits per heavy atom. The number of rotatable bonds is 7. The second kappa shape index (κ2) is 7.89. The molecule has 2 aliphatic rings. The smallest absolute Gasteiger partial charge is 0.353 e. The van der Waals surface area contributed by atoms with Crippen LogP contribution in [0.4, 0.5) is 9.52 Å². The summed E-state index contributed by atoms with van der Waals surface area (Å²) in [5, 5.41) is 14.3. The van der Waals surface area contributed by atoms with E-state index in [0.717, 1.165) is 28.2 Å². The van der Waals surface area contributed by atoms with E-state index in [4.69, 9.17) is 5.73 Å². The van der Waals surface area contributed by atoms with Gasteiger partial charge in [-0.25, -0.2) is 9.18 Å². The molecule has 0 aliphatic carbocycles. The average molecular weight is 430 g/mol. The number of carbonyl (C=O) groups is 4. The molecule has 1 aromatic heterocycles. The number of β-lactam (4-membered cyclic amide) rings is 1. The van der Waals surface area contributed by atoms with E-state index in [1.165, 1.54) is 0 Å². The van der Waals surface area contributed by atoms with Crippen molar-refractivity contribution in [2.45, 2.75) is 11.4 Å². The highest BCUT2D eigenvalue weighted by Gasteiger charge is 2.54. The number of aliphatic carboxylic acids is 1. The van der Waals surface area contributed by atoms with Gasteiger partial charge in [-0.15, -0.1) is 11.8 Å². The number of aromatic nitrogens is 2. The molecule has 12 nitrogen and oxygen atoms in total. The number of carboxylic acids is 1. The first kappa shape index (κ1) is 19.7. The second-order valence-electron chi connectivity index (χ2n) is 5.29. The molecule has 15 heteroatoms. The van der Waals surface area contributed by atoms with E-state index in [1.807, 2.05) is 0 Å². The number of aldehydes is 1. The number of nitrogens with one attached hydrogen (secondary N) is 1. The maximum absolute atomic E-state index is 12.5.